The molecule has 0 saturated heterocycles. The maximum atomic E-state index is 13.4. The van der Waals surface area contributed by atoms with Crippen LogP contribution in [0, 0.1) is 11.6 Å². The molecule has 0 radical (unpaired) electrons. The summed E-state index contributed by atoms with van der Waals surface area (Å²) in [5.74, 6) is -1.01. The first kappa shape index (κ1) is 19.5. The van der Waals surface area contributed by atoms with Crippen LogP contribution in [0.3, 0.4) is 0 Å². The lowest BCUT2D eigenvalue weighted by Crippen LogP contribution is -2.48. The smallest absolute Gasteiger partial charge is 0.162 e. The fraction of sp³-hybridized carbons (Fsp3) is 0.400. The summed E-state index contributed by atoms with van der Waals surface area (Å²) in [6.07, 6.45) is -1.07. The van der Waals surface area contributed by atoms with Crippen LogP contribution in [0.25, 0.3) is 0 Å². The van der Waals surface area contributed by atoms with Gasteiger partial charge in [-0.05, 0) is 25.2 Å². The minimum absolute atomic E-state index is 0.165. The molecule has 0 spiro atoms. The highest BCUT2D eigenvalue weighted by Crippen LogP contribution is 2.30. The number of hydrogen-bond acceptors (Lipinski definition) is 5. The van der Waals surface area contributed by atoms with E-state index in [2.05, 4.69) is 0 Å². The first-order valence-corrected chi connectivity index (χ1v) is 8.78. The van der Waals surface area contributed by atoms with Gasteiger partial charge in [0, 0.05) is 30.6 Å². The first-order valence-electron chi connectivity index (χ1n) is 8.78. The summed E-state index contributed by atoms with van der Waals surface area (Å²) in [5.41, 5.74) is 7.22. The van der Waals surface area contributed by atoms with Gasteiger partial charge < -0.3 is 20.3 Å². The minimum Gasteiger partial charge on any atom is -0.496 e. The lowest BCUT2D eigenvalue weighted by Gasteiger charge is -2.31. The molecule has 2 aromatic rings. The SMILES string of the molecule is COc1ccccc1CN(C)[C@@H]1[C@@H](O)[C@H](Oc2ccc(F)c(F)c2)C[C@H]1N. The molecule has 0 amide bonds. The molecule has 0 aliphatic heterocycles. The van der Waals surface area contributed by atoms with Crippen LogP contribution in [-0.2, 0) is 6.54 Å². The number of methoxy groups -OCH3 is 1. The van der Waals surface area contributed by atoms with Crippen LogP contribution in [0.15, 0.2) is 42.5 Å². The highest BCUT2D eigenvalue weighted by Gasteiger charge is 2.44. The molecular formula is C20H24F2N2O3. The predicted octanol–water partition coefficient (Wildman–Crippen LogP) is 2.31. The van der Waals surface area contributed by atoms with Crippen molar-refractivity contribution in [2.75, 3.05) is 14.2 Å². The van der Waals surface area contributed by atoms with E-state index in [1.807, 2.05) is 36.2 Å². The molecule has 3 N–H and O–H groups in total. The van der Waals surface area contributed by atoms with Gasteiger partial charge in [0.25, 0.3) is 0 Å². The molecule has 0 heterocycles. The van der Waals surface area contributed by atoms with Crippen molar-refractivity contribution >= 4 is 0 Å². The van der Waals surface area contributed by atoms with Gasteiger partial charge in [0.05, 0.1) is 13.2 Å². The maximum Gasteiger partial charge on any atom is 0.162 e. The van der Waals surface area contributed by atoms with Gasteiger partial charge in [-0.3, -0.25) is 4.90 Å². The standard InChI is InChI=1S/C20H24F2N2O3/c1-24(11-12-5-3-4-6-17(12)26-2)19-16(23)10-18(20(19)25)27-13-7-8-14(21)15(22)9-13/h3-9,16,18-20,25H,10-11,23H2,1-2H3/t16-,18-,19+,20+/m1/s1. The van der Waals surface area contributed by atoms with E-state index >= 15 is 0 Å². The highest BCUT2D eigenvalue weighted by atomic mass is 19.2. The van der Waals surface area contributed by atoms with E-state index < -0.39 is 23.8 Å². The number of nitrogens with two attached hydrogens (primary N) is 1. The van der Waals surface area contributed by atoms with Gasteiger partial charge in [-0.2, -0.15) is 0 Å². The molecule has 0 bridgehead atoms. The lowest BCUT2D eigenvalue weighted by molar-refractivity contribution is 0.0134. The molecule has 7 heteroatoms. The summed E-state index contributed by atoms with van der Waals surface area (Å²) in [5, 5.41) is 10.7. The molecular weight excluding hydrogens is 354 g/mol. The van der Waals surface area contributed by atoms with Gasteiger partial charge >= 0.3 is 0 Å². The Labute approximate surface area is 157 Å². The Kier molecular flexibility index (Phi) is 5.94. The Bertz CT molecular complexity index is 790. The van der Waals surface area contributed by atoms with E-state index in [9.17, 15) is 13.9 Å². The van der Waals surface area contributed by atoms with Gasteiger partial charge in [0.2, 0.25) is 0 Å². The number of ether oxygens (including phenoxy) is 2. The zero-order valence-electron chi connectivity index (χ0n) is 15.3. The van der Waals surface area contributed by atoms with Crippen molar-refractivity contribution < 1.29 is 23.4 Å². The molecule has 1 saturated carbocycles. The van der Waals surface area contributed by atoms with Crippen LogP contribution in [-0.4, -0.2) is 48.5 Å². The zero-order valence-corrected chi connectivity index (χ0v) is 15.3. The second kappa shape index (κ2) is 8.21. The minimum atomic E-state index is -0.992. The van der Waals surface area contributed by atoms with Crippen LogP contribution < -0.4 is 15.2 Å². The third-order valence-electron chi connectivity index (χ3n) is 4.97. The van der Waals surface area contributed by atoms with Crippen LogP contribution >= 0.6 is 0 Å². The molecule has 1 aliphatic rings. The Morgan fingerprint density at radius 3 is 2.63 bits per heavy atom. The van der Waals surface area contributed by atoms with Crippen molar-refractivity contribution in [1.82, 2.24) is 4.90 Å². The van der Waals surface area contributed by atoms with Gasteiger partial charge in [0.15, 0.2) is 11.6 Å². The summed E-state index contributed by atoms with van der Waals surface area (Å²) in [6, 6.07) is 10.3. The number of aliphatic hydroxyl groups excluding tert-OH is 1. The molecule has 4 atom stereocenters. The van der Waals surface area contributed by atoms with Crippen LogP contribution in [0.4, 0.5) is 8.78 Å². The van der Waals surface area contributed by atoms with Crippen LogP contribution in [0.2, 0.25) is 0 Å². The number of hydrogen-bond donors (Lipinski definition) is 2. The molecule has 1 aliphatic carbocycles. The number of aliphatic hydroxyl groups is 1. The summed E-state index contributed by atoms with van der Waals surface area (Å²) in [4.78, 5) is 1.96. The number of benzene rings is 2. The molecule has 0 aromatic heterocycles. The summed E-state index contributed by atoms with van der Waals surface area (Å²) in [6.45, 7) is 0.539. The van der Waals surface area contributed by atoms with E-state index in [1.165, 1.54) is 6.07 Å². The van der Waals surface area contributed by atoms with Crippen LogP contribution in [0.1, 0.15) is 12.0 Å². The number of para-hydroxylation sites is 1. The van der Waals surface area contributed by atoms with Gasteiger partial charge in [-0.25, -0.2) is 8.78 Å². The quantitative estimate of drug-likeness (QED) is 0.808. The predicted molar refractivity (Wildman–Crippen MR) is 97.6 cm³/mol. The summed E-state index contributed by atoms with van der Waals surface area (Å²) < 4.78 is 37.5. The van der Waals surface area contributed by atoms with Crippen molar-refractivity contribution in [3.8, 4) is 11.5 Å². The molecule has 27 heavy (non-hydrogen) atoms. The van der Waals surface area contributed by atoms with Crippen molar-refractivity contribution in [3.05, 3.63) is 59.7 Å². The van der Waals surface area contributed by atoms with E-state index in [0.717, 1.165) is 23.4 Å². The largest absolute Gasteiger partial charge is 0.496 e. The second-order valence-corrected chi connectivity index (χ2v) is 6.84. The second-order valence-electron chi connectivity index (χ2n) is 6.84. The highest BCUT2D eigenvalue weighted by molar-refractivity contribution is 5.33. The number of likely N-dealkylation sites (N-methyl/N-ethyl adjacent to an activating group) is 1. The third-order valence-corrected chi connectivity index (χ3v) is 4.97. The fourth-order valence-electron chi connectivity index (χ4n) is 3.66. The first-order chi connectivity index (χ1) is 12.9. The van der Waals surface area contributed by atoms with E-state index in [0.29, 0.717) is 13.0 Å². The number of rotatable bonds is 6. The molecule has 5 nitrogen and oxygen atoms in total. The van der Waals surface area contributed by atoms with Crippen molar-refractivity contribution in [2.45, 2.75) is 37.3 Å². The zero-order chi connectivity index (χ0) is 19.6. The Hall–Kier alpha value is -2.22. The number of halogens is 2. The topological polar surface area (TPSA) is 68.0 Å². The lowest BCUT2D eigenvalue weighted by atomic mass is 10.1. The fourth-order valence-corrected chi connectivity index (χ4v) is 3.66. The Morgan fingerprint density at radius 1 is 1.19 bits per heavy atom. The number of nitrogens with zero attached hydrogens (tertiary/aromatic N) is 1. The molecule has 146 valence electrons. The van der Waals surface area contributed by atoms with Crippen molar-refractivity contribution in [3.63, 3.8) is 0 Å². The molecule has 0 unspecified atom stereocenters. The summed E-state index contributed by atoms with van der Waals surface area (Å²) in [7, 11) is 3.49. The van der Waals surface area contributed by atoms with Crippen molar-refractivity contribution in [2.24, 2.45) is 5.73 Å². The molecule has 2 aromatic carbocycles. The van der Waals surface area contributed by atoms with E-state index in [1.54, 1.807) is 7.11 Å². The molecule has 3 rings (SSSR count). The maximum absolute atomic E-state index is 13.4. The van der Waals surface area contributed by atoms with Gasteiger partial charge in [0.1, 0.15) is 23.7 Å². The normalized spacial score (nSPS) is 25.0. The monoisotopic (exact) mass is 378 g/mol. The van der Waals surface area contributed by atoms with Crippen molar-refractivity contribution in [1.29, 1.82) is 0 Å². The van der Waals surface area contributed by atoms with E-state index in [-0.39, 0.29) is 17.8 Å². The average Bonchev–Trinajstić information content (AvgIpc) is 2.92. The van der Waals surface area contributed by atoms with Gasteiger partial charge in [-0.15, -0.1) is 0 Å². The van der Waals surface area contributed by atoms with Gasteiger partial charge in [-0.1, -0.05) is 18.2 Å². The average molecular weight is 378 g/mol. The Morgan fingerprint density at radius 2 is 1.93 bits per heavy atom. The Balaban J connectivity index is 1.70. The molecule has 1 fully saturated rings. The summed E-state index contributed by atoms with van der Waals surface area (Å²) >= 11 is 0. The van der Waals surface area contributed by atoms with Crippen LogP contribution in [0.5, 0.6) is 11.5 Å². The van der Waals surface area contributed by atoms with E-state index in [4.69, 9.17) is 15.2 Å². The third kappa shape index (κ3) is 4.21.